The number of benzene rings is 1. The van der Waals surface area contributed by atoms with E-state index in [9.17, 15) is 0 Å². The number of nitrogens with zero attached hydrogens (tertiary/aromatic N) is 2. The first-order chi connectivity index (χ1) is 9.12. The van der Waals surface area contributed by atoms with Gasteiger partial charge in [0, 0.05) is 11.1 Å². The molecular formula is C12H12ClN3O3. The van der Waals surface area contributed by atoms with Crippen LogP contribution in [0.5, 0.6) is 23.5 Å². The molecule has 0 fully saturated rings. The van der Waals surface area contributed by atoms with Gasteiger partial charge in [-0.25, -0.2) is 0 Å². The Hall–Kier alpha value is -2.21. The fourth-order valence-electron chi connectivity index (χ4n) is 1.33. The van der Waals surface area contributed by atoms with Gasteiger partial charge in [-0.2, -0.15) is 9.97 Å². The van der Waals surface area contributed by atoms with Crippen LogP contribution in [0.3, 0.4) is 0 Å². The molecule has 0 radical (unpaired) electrons. The summed E-state index contributed by atoms with van der Waals surface area (Å²) in [7, 11) is 2.97. The van der Waals surface area contributed by atoms with Crippen LogP contribution >= 0.6 is 11.6 Å². The minimum absolute atomic E-state index is 0.0603. The monoisotopic (exact) mass is 281 g/mol. The van der Waals surface area contributed by atoms with Crippen LogP contribution in [0.2, 0.25) is 5.02 Å². The Morgan fingerprint density at radius 1 is 1.05 bits per heavy atom. The first-order valence-electron chi connectivity index (χ1n) is 5.32. The summed E-state index contributed by atoms with van der Waals surface area (Å²) in [5.74, 6) is 1.01. The Balaban J connectivity index is 2.34. The molecule has 0 unspecified atom stereocenters. The molecule has 0 spiro atoms. The normalized spacial score (nSPS) is 10.1. The van der Waals surface area contributed by atoms with Crippen LogP contribution in [0, 0.1) is 0 Å². The number of aromatic nitrogens is 2. The van der Waals surface area contributed by atoms with Crippen molar-refractivity contribution in [3.8, 4) is 23.5 Å². The van der Waals surface area contributed by atoms with Crippen LogP contribution in [0.4, 0.5) is 5.69 Å². The van der Waals surface area contributed by atoms with Crippen LogP contribution in [0.25, 0.3) is 0 Å². The molecule has 0 amide bonds. The van der Waals surface area contributed by atoms with Gasteiger partial charge < -0.3 is 19.9 Å². The number of rotatable bonds is 4. The molecule has 0 atom stereocenters. The Kier molecular flexibility index (Phi) is 3.91. The molecule has 100 valence electrons. The van der Waals surface area contributed by atoms with Crippen LogP contribution in [0.15, 0.2) is 24.3 Å². The van der Waals surface area contributed by atoms with Gasteiger partial charge in [0.2, 0.25) is 11.8 Å². The lowest BCUT2D eigenvalue weighted by atomic mass is 10.3. The highest BCUT2D eigenvalue weighted by Gasteiger charge is 2.10. The maximum absolute atomic E-state index is 5.87. The van der Waals surface area contributed by atoms with Crippen LogP contribution < -0.4 is 19.9 Å². The largest absolute Gasteiger partial charge is 0.481 e. The molecule has 7 heteroatoms. The van der Waals surface area contributed by atoms with Crippen molar-refractivity contribution in [3.05, 3.63) is 29.3 Å². The molecule has 1 aromatic heterocycles. The van der Waals surface area contributed by atoms with E-state index in [4.69, 9.17) is 31.5 Å². The number of nitrogens with two attached hydrogens (primary N) is 1. The standard InChI is InChI=1S/C12H12ClN3O3/c1-17-10-6-11(18-2)16-12(15-10)19-9-5-7(13)3-4-8(9)14/h3-6H,14H2,1-2H3. The van der Waals surface area contributed by atoms with Crippen molar-refractivity contribution in [3.63, 3.8) is 0 Å². The van der Waals surface area contributed by atoms with E-state index < -0.39 is 0 Å². The summed E-state index contributed by atoms with van der Waals surface area (Å²) in [5.41, 5.74) is 6.20. The topological polar surface area (TPSA) is 79.5 Å². The second kappa shape index (κ2) is 5.62. The zero-order valence-electron chi connectivity index (χ0n) is 10.4. The van der Waals surface area contributed by atoms with Crippen LogP contribution in [-0.2, 0) is 0 Å². The zero-order chi connectivity index (χ0) is 13.8. The Labute approximate surface area is 115 Å². The van der Waals surface area contributed by atoms with Gasteiger partial charge in [0.05, 0.1) is 26.0 Å². The third-order valence-electron chi connectivity index (χ3n) is 2.25. The summed E-state index contributed by atoms with van der Waals surface area (Å²) in [4.78, 5) is 8.06. The lowest BCUT2D eigenvalue weighted by Crippen LogP contribution is -1.99. The molecule has 0 bridgehead atoms. The molecular weight excluding hydrogens is 270 g/mol. The molecule has 2 aromatic rings. The van der Waals surface area contributed by atoms with Gasteiger partial charge in [0.1, 0.15) is 0 Å². The number of ether oxygens (including phenoxy) is 3. The lowest BCUT2D eigenvalue weighted by molar-refractivity contribution is 0.348. The summed E-state index contributed by atoms with van der Waals surface area (Å²) < 4.78 is 15.5. The summed E-state index contributed by atoms with van der Waals surface area (Å²) in [6.45, 7) is 0. The fourth-order valence-corrected chi connectivity index (χ4v) is 1.50. The molecule has 1 heterocycles. The third kappa shape index (κ3) is 3.17. The van der Waals surface area contributed by atoms with Crippen molar-refractivity contribution in [2.45, 2.75) is 0 Å². The number of hydrogen-bond donors (Lipinski definition) is 1. The average molecular weight is 282 g/mol. The summed E-state index contributed by atoms with van der Waals surface area (Å²) in [6.07, 6.45) is 0. The van der Waals surface area contributed by atoms with Gasteiger partial charge in [-0.1, -0.05) is 11.6 Å². The van der Waals surface area contributed by atoms with E-state index in [0.29, 0.717) is 28.2 Å². The number of nitrogen functional groups attached to an aromatic ring is 1. The molecule has 1 aromatic carbocycles. The first kappa shape index (κ1) is 13.2. The van der Waals surface area contributed by atoms with Crippen molar-refractivity contribution in [2.24, 2.45) is 0 Å². The number of halogens is 1. The van der Waals surface area contributed by atoms with Gasteiger partial charge in [-0.3, -0.25) is 0 Å². The lowest BCUT2D eigenvalue weighted by Gasteiger charge is -2.09. The average Bonchev–Trinajstić information content (AvgIpc) is 2.42. The number of anilines is 1. The molecule has 0 aliphatic carbocycles. The second-order valence-corrected chi connectivity index (χ2v) is 3.96. The summed E-state index contributed by atoms with van der Waals surface area (Å²) in [6, 6.07) is 6.47. The maximum Gasteiger partial charge on any atom is 0.328 e. The van der Waals surface area contributed by atoms with Gasteiger partial charge in [0.25, 0.3) is 0 Å². The van der Waals surface area contributed by atoms with E-state index in [1.165, 1.54) is 20.3 Å². The van der Waals surface area contributed by atoms with Gasteiger partial charge >= 0.3 is 6.01 Å². The predicted molar refractivity (Wildman–Crippen MR) is 71.1 cm³/mol. The van der Waals surface area contributed by atoms with Crippen LogP contribution in [0.1, 0.15) is 0 Å². The number of methoxy groups -OCH3 is 2. The summed E-state index contributed by atoms with van der Waals surface area (Å²) in [5, 5.41) is 0.499. The van der Waals surface area contributed by atoms with E-state index in [-0.39, 0.29) is 6.01 Å². The predicted octanol–water partition coefficient (Wildman–Crippen LogP) is 2.52. The molecule has 6 nitrogen and oxygen atoms in total. The molecule has 0 saturated carbocycles. The maximum atomic E-state index is 5.87. The molecule has 0 aliphatic heterocycles. The first-order valence-corrected chi connectivity index (χ1v) is 5.70. The fraction of sp³-hybridized carbons (Fsp3) is 0.167. The van der Waals surface area contributed by atoms with Gasteiger partial charge in [-0.15, -0.1) is 0 Å². The second-order valence-electron chi connectivity index (χ2n) is 3.52. The molecule has 0 aliphatic rings. The minimum Gasteiger partial charge on any atom is -0.481 e. The van der Waals surface area contributed by atoms with E-state index in [0.717, 1.165) is 0 Å². The highest BCUT2D eigenvalue weighted by atomic mass is 35.5. The van der Waals surface area contributed by atoms with Crippen LogP contribution in [-0.4, -0.2) is 24.2 Å². The summed E-state index contributed by atoms with van der Waals surface area (Å²) >= 11 is 5.87. The van der Waals surface area contributed by atoms with Gasteiger partial charge in [0.15, 0.2) is 5.75 Å². The Morgan fingerprint density at radius 2 is 1.68 bits per heavy atom. The van der Waals surface area contributed by atoms with E-state index in [1.807, 2.05) is 0 Å². The zero-order valence-corrected chi connectivity index (χ0v) is 11.1. The van der Waals surface area contributed by atoms with Crippen molar-refractivity contribution in [1.82, 2.24) is 9.97 Å². The van der Waals surface area contributed by atoms with E-state index in [1.54, 1.807) is 18.2 Å². The van der Waals surface area contributed by atoms with Gasteiger partial charge in [-0.05, 0) is 12.1 Å². The smallest absolute Gasteiger partial charge is 0.328 e. The van der Waals surface area contributed by atoms with E-state index in [2.05, 4.69) is 9.97 Å². The Morgan fingerprint density at radius 3 is 2.26 bits per heavy atom. The highest BCUT2D eigenvalue weighted by Crippen LogP contribution is 2.30. The van der Waals surface area contributed by atoms with Crippen molar-refractivity contribution >= 4 is 17.3 Å². The third-order valence-corrected chi connectivity index (χ3v) is 2.49. The highest BCUT2D eigenvalue weighted by molar-refractivity contribution is 6.30. The SMILES string of the molecule is COc1cc(OC)nc(Oc2cc(Cl)ccc2N)n1. The van der Waals surface area contributed by atoms with Crippen molar-refractivity contribution in [2.75, 3.05) is 20.0 Å². The van der Waals surface area contributed by atoms with Crippen molar-refractivity contribution in [1.29, 1.82) is 0 Å². The van der Waals surface area contributed by atoms with E-state index >= 15 is 0 Å². The Bertz CT molecular complexity index is 570. The molecule has 2 N–H and O–H groups in total. The van der Waals surface area contributed by atoms with Crippen molar-refractivity contribution < 1.29 is 14.2 Å². The quantitative estimate of drug-likeness (QED) is 0.868. The number of hydrogen-bond acceptors (Lipinski definition) is 6. The minimum atomic E-state index is 0.0603. The molecule has 0 saturated heterocycles. The molecule has 19 heavy (non-hydrogen) atoms. The molecule has 2 rings (SSSR count).